The third-order valence-electron chi connectivity index (χ3n) is 5.77. The fraction of sp³-hybridized carbons (Fsp3) is 0.200. The van der Waals surface area contributed by atoms with Crippen LogP contribution in [0.3, 0.4) is 0 Å². The molecule has 0 saturated heterocycles. The Labute approximate surface area is 219 Å². The summed E-state index contributed by atoms with van der Waals surface area (Å²) in [5.74, 6) is -0.163. The molecule has 2 N–H and O–H groups in total. The maximum Gasteiger partial charge on any atom is 0.267 e. The first-order valence-electron chi connectivity index (χ1n) is 11.1. The van der Waals surface area contributed by atoms with Crippen molar-refractivity contribution < 1.29 is 14.6 Å². The van der Waals surface area contributed by atoms with E-state index in [2.05, 4.69) is 10.5 Å². The Balaban J connectivity index is 1.39. The zero-order valence-electron chi connectivity index (χ0n) is 19.2. The van der Waals surface area contributed by atoms with E-state index in [9.17, 15) is 14.7 Å². The van der Waals surface area contributed by atoms with Crippen LogP contribution in [0.1, 0.15) is 22.4 Å². The van der Waals surface area contributed by atoms with Crippen molar-refractivity contribution in [1.29, 1.82) is 0 Å². The number of carbonyl (C=O) groups is 1. The molecule has 184 valence electrons. The number of para-hydroxylation sites is 1. The number of aromatic hydroxyl groups is 1. The van der Waals surface area contributed by atoms with Crippen LogP contribution in [0.5, 0.6) is 11.5 Å². The van der Waals surface area contributed by atoms with Crippen LogP contribution in [0.4, 0.5) is 0 Å². The number of aryl methyl sites for hydroxylation is 2. The maximum atomic E-state index is 13.6. The minimum Gasteiger partial charge on any atom is -0.504 e. The third-order valence-corrected chi connectivity index (χ3v) is 8.14. The number of benzene rings is 2. The number of thioether (sulfide) groups is 1. The molecule has 0 unspecified atom stereocenters. The lowest BCUT2D eigenvalue weighted by Gasteiger charge is -2.12. The number of methoxy groups -OCH3 is 1. The molecule has 0 atom stereocenters. The lowest BCUT2D eigenvalue weighted by molar-refractivity contribution is -0.118. The molecule has 4 aromatic rings. The fourth-order valence-corrected chi connectivity index (χ4v) is 6.32. The van der Waals surface area contributed by atoms with Gasteiger partial charge in [0, 0.05) is 15.5 Å². The standard InChI is InChI=1S/C25H21ClN4O4S2/c1-34-18-6-2-4-14(22(18)32)12-27-29-20(31)13-35-25-28-23-21(17-5-3-7-19(17)36-23)24(33)30(25)16-10-8-15(26)9-11-16/h2,4,6,8-12,32H,3,5,7,13H2,1H3,(H,29,31)/b27-12+. The average Bonchev–Trinajstić information content (AvgIpc) is 3.46. The highest BCUT2D eigenvalue weighted by atomic mass is 35.5. The molecule has 2 heterocycles. The number of amides is 1. The van der Waals surface area contributed by atoms with Crippen molar-refractivity contribution in [3.8, 4) is 17.2 Å². The van der Waals surface area contributed by atoms with Gasteiger partial charge in [-0.3, -0.25) is 14.2 Å². The van der Waals surface area contributed by atoms with Crippen LogP contribution < -0.4 is 15.7 Å². The number of phenols is 1. The lowest BCUT2D eigenvalue weighted by atomic mass is 10.2. The minimum absolute atomic E-state index is 0.0158. The molecule has 36 heavy (non-hydrogen) atoms. The van der Waals surface area contributed by atoms with E-state index in [1.54, 1.807) is 58.4 Å². The Bertz CT molecular complexity index is 1550. The Hall–Kier alpha value is -3.34. The van der Waals surface area contributed by atoms with E-state index in [1.807, 2.05) is 0 Å². The second kappa shape index (κ2) is 10.3. The summed E-state index contributed by atoms with van der Waals surface area (Å²) >= 11 is 8.76. The van der Waals surface area contributed by atoms with Crippen LogP contribution >= 0.6 is 34.7 Å². The maximum absolute atomic E-state index is 13.6. The minimum atomic E-state index is -0.385. The van der Waals surface area contributed by atoms with Gasteiger partial charge < -0.3 is 9.84 Å². The van der Waals surface area contributed by atoms with E-state index in [1.165, 1.54) is 18.2 Å². The number of ether oxygens (including phenoxy) is 1. The van der Waals surface area contributed by atoms with Crippen LogP contribution in [-0.4, -0.2) is 39.6 Å². The van der Waals surface area contributed by atoms with Gasteiger partial charge >= 0.3 is 0 Å². The normalized spacial score (nSPS) is 12.8. The number of phenolic OH excluding ortho intramolecular Hbond substituents is 1. The first-order valence-corrected chi connectivity index (χ1v) is 13.3. The Morgan fingerprint density at radius 3 is 2.89 bits per heavy atom. The topological polar surface area (TPSA) is 106 Å². The van der Waals surface area contributed by atoms with Crippen molar-refractivity contribution in [2.75, 3.05) is 12.9 Å². The van der Waals surface area contributed by atoms with Gasteiger partial charge in [-0.15, -0.1) is 11.3 Å². The molecule has 0 radical (unpaired) electrons. The quantitative estimate of drug-likeness (QED) is 0.154. The van der Waals surface area contributed by atoms with Crippen molar-refractivity contribution in [1.82, 2.24) is 15.0 Å². The molecule has 1 amide bonds. The summed E-state index contributed by atoms with van der Waals surface area (Å²) in [4.78, 5) is 32.8. The Morgan fingerprint density at radius 2 is 2.11 bits per heavy atom. The number of hydrogen-bond donors (Lipinski definition) is 2. The molecule has 11 heteroatoms. The molecular weight excluding hydrogens is 520 g/mol. The molecule has 5 rings (SSSR count). The van der Waals surface area contributed by atoms with Gasteiger partial charge in [0.25, 0.3) is 11.5 Å². The largest absolute Gasteiger partial charge is 0.504 e. The monoisotopic (exact) mass is 540 g/mol. The van der Waals surface area contributed by atoms with Crippen molar-refractivity contribution >= 4 is 57.0 Å². The van der Waals surface area contributed by atoms with Crippen molar-refractivity contribution in [2.24, 2.45) is 5.10 Å². The van der Waals surface area contributed by atoms with E-state index >= 15 is 0 Å². The molecule has 1 aliphatic carbocycles. The van der Waals surface area contributed by atoms with Gasteiger partial charge in [-0.05, 0) is 61.2 Å². The van der Waals surface area contributed by atoms with Gasteiger partial charge in [0.05, 0.1) is 30.2 Å². The fourth-order valence-electron chi connectivity index (χ4n) is 4.08. The molecule has 0 spiro atoms. The second-order valence-corrected chi connectivity index (χ2v) is 10.5. The number of nitrogens with one attached hydrogen (secondary N) is 1. The molecule has 2 aromatic carbocycles. The highest BCUT2D eigenvalue weighted by Crippen LogP contribution is 2.36. The molecule has 2 aromatic heterocycles. The summed E-state index contributed by atoms with van der Waals surface area (Å²) < 4.78 is 6.61. The number of thiophene rings is 1. The predicted octanol–water partition coefficient (Wildman–Crippen LogP) is 4.55. The van der Waals surface area contributed by atoms with E-state index in [4.69, 9.17) is 21.3 Å². The number of hydrazone groups is 1. The van der Waals surface area contributed by atoms with Gasteiger partial charge in [0.2, 0.25) is 0 Å². The van der Waals surface area contributed by atoms with E-state index in [-0.39, 0.29) is 23.0 Å². The number of halogens is 1. The summed E-state index contributed by atoms with van der Waals surface area (Å²) in [5, 5.41) is 15.7. The van der Waals surface area contributed by atoms with Crippen LogP contribution in [0.15, 0.2) is 57.5 Å². The summed E-state index contributed by atoms with van der Waals surface area (Å²) in [6.07, 6.45) is 4.22. The Morgan fingerprint density at radius 1 is 1.31 bits per heavy atom. The van der Waals surface area contributed by atoms with Gasteiger partial charge in [0.1, 0.15) is 4.83 Å². The summed E-state index contributed by atoms with van der Waals surface area (Å²) in [7, 11) is 1.45. The molecule has 0 fully saturated rings. The first-order chi connectivity index (χ1) is 17.5. The zero-order chi connectivity index (χ0) is 25.2. The third kappa shape index (κ3) is 4.71. The second-order valence-electron chi connectivity index (χ2n) is 8.03. The first kappa shape index (κ1) is 24.4. The summed E-state index contributed by atoms with van der Waals surface area (Å²) in [6.45, 7) is 0. The molecule has 0 aliphatic heterocycles. The SMILES string of the molecule is COc1cccc(/C=N/NC(=O)CSc2nc3sc4c(c3c(=O)n2-c2ccc(Cl)cc2)CCC4)c1O. The number of rotatable bonds is 7. The molecule has 0 bridgehead atoms. The number of fused-ring (bicyclic) bond motifs is 3. The smallest absolute Gasteiger partial charge is 0.267 e. The van der Waals surface area contributed by atoms with E-state index in [0.29, 0.717) is 37.4 Å². The highest BCUT2D eigenvalue weighted by Gasteiger charge is 2.24. The van der Waals surface area contributed by atoms with Crippen LogP contribution in [0, 0.1) is 0 Å². The Kier molecular flexibility index (Phi) is 6.99. The molecular formula is C25H21ClN4O4S2. The number of aromatic nitrogens is 2. The van der Waals surface area contributed by atoms with Crippen molar-refractivity contribution in [3.05, 3.63) is 73.8 Å². The number of nitrogens with zero attached hydrogens (tertiary/aromatic N) is 3. The zero-order valence-corrected chi connectivity index (χ0v) is 21.5. The lowest BCUT2D eigenvalue weighted by Crippen LogP contribution is -2.24. The molecule has 0 saturated carbocycles. The average molecular weight is 541 g/mol. The van der Waals surface area contributed by atoms with Gasteiger partial charge in [-0.2, -0.15) is 5.10 Å². The summed E-state index contributed by atoms with van der Waals surface area (Å²) in [6, 6.07) is 11.9. The number of hydrogen-bond acceptors (Lipinski definition) is 8. The van der Waals surface area contributed by atoms with Crippen molar-refractivity contribution in [3.63, 3.8) is 0 Å². The highest BCUT2D eigenvalue weighted by molar-refractivity contribution is 7.99. The van der Waals surface area contributed by atoms with Crippen molar-refractivity contribution in [2.45, 2.75) is 24.4 Å². The van der Waals surface area contributed by atoms with Gasteiger partial charge in [-0.25, -0.2) is 10.4 Å². The number of carbonyl (C=O) groups excluding carboxylic acids is 1. The van der Waals surface area contributed by atoms with Crippen LogP contribution in [0.2, 0.25) is 5.02 Å². The van der Waals surface area contributed by atoms with Crippen LogP contribution in [0.25, 0.3) is 15.9 Å². The van der Waals surface area contributed by atoms with E-state index < -0.39 is 0 Å². The summed E-state index contributed by atoms with van der Waals surface area (Å²) in [5.41, 5.74) is 4.43. The molecule has 1 aliphatic rings. The predicted molar refractivity (Wildman–Crippen MR) is 143 cm³/mol. The van der Waals surface area contributed by atoms with E-state index in [0.717, 1.165) is 36.6 Å². The van der Waals surface area contributed by atoms with Crippen LogP contribution in [-0.2, 0) is 17.6 Å². The van der Waals surface area contributed by atoms with Gasteiger partial charge in [-0.1, -0.05) is 29.4 Å². The van der Waals surface area contributed by atoms with Gasteiger partial charge in [0.15, 0.2) is 16.7 Å². The molecule has 8 nitrogen and oxygen atoms in total.